The summed E-state index contributed by atoms with van der Waals surface area (Å²) in [6.07, 6.45) is 6.87. The van der Waals surface area contributed by atoms with E-state index in [0.717, 1.165) is 18.3 Å². The molecule has 1 aromatic carbocycles. The lowest BCUT2D eigenvalue weighted by molar-refractivity contribution is 0.192. The predicted octanol–water partition coefficient (Wildman–Crippen LogP) is 3.54. The molecule has 1 unspecified atom stereocenters. The first-order valence-corrected chi connectivity index (χ1v) is 7.16. The van der Waals surface area contributed by atoms with Crippen LogP contribution in [0.15, 0.2) is 24.3 Å². The summed E-state index contributed by atoms with van der Waals surface area (Å²) in [5.74, 6) is 1.77. The monoisotopic (exact) mass is 247 g/mol. The molecule has 2 heteroatoms. The Morgan fingerprint density at radius 1 is 1.17 bits per heavy atom. The first kappa shape index (κ1) is 13.4. The van der Waals surface area contributed by atoms with Gasteiger partial charge in [0, 0.05) is 6.04 Å². The van der Waals surface area contributed by atoms with Crippen molar-refractivity contribution in [3.63, 3.8) is 0 Å². The van der Waals surface area contributed by atoms with E-state index < -0.39 is 0 Å². The number of likely N-dealkylation sites (N-methyl/N-ethyl adjacent to an activating group) is 1. The van der Waals surface area contributed by atoms with E-state index in [1.54, 1.807) is 0 Å². The second-order valence-electron chi connectivity index (χ2n) is 5.42. The van der Waals surface area contributed by atoms with Crippen LogP contribution in [0, 0.1) is 12.8 Å². The number of nitrogens with one attached hydrogen (secondary N) is 1. The van der Waals surface area contributed by atoms with Gasteiger partial charge in [-0.25, -0.2) is 0 Å². The average Bonchev–Trinajstić information content (AvgIpc) is 2.43. The second kappa shape index (κ2) is 6.79. The van der Waals surface area contributed by atoms with Gasteiger partial charge in [-0.1, -0.05) is 37.0 Å². The van der Waals surface area contributed by atoms with E-state index in [1.807, 2.05) is 0 Å². The maximum absolute atomic E-state index is 5.90. The van der Waals surface area contributed by atoms with Crippen LogP contribution in [0.4, 0.5) is 0 Å². The van der Waals surface area contributed by atoms with Gasteiger partial charge in [0.05, 0.1) is 0 Å². The standard InChI is InChI=1S/C16H25NO/c1-13-8-10-15(11-9-13)18-12-16(17-2)14-6-4-3-5-7-14/h8-11,14,16-17H,3-7,12H2,1-2H3. The van der Waals surface area contributed by atoms with Crippen molar-refractivity contribution in [2.75, 3.05) is 13.7 Å². The van der Waals surface area contributed by atoms with Gasteiger partial charge < -0.3 is 10.1 Å². The fourth-order valence-corrected chi connectivity index (χ4v) is 2.81. The Labute approximate surface area is 111 Å². The van der Waals surface area contributed by atoms with Crippen LogP contribution in [-0.4, -0.2) is 19.7 Å². The first-order chi connectivity index (χ1) is 8.79. The maximum Gasteiger partial charge on any atom is 0.119 e. The summed E-state index contributed by atoms with van der Waals surface area (Å²) < 4.78 is 5.90. The molecule has 1 aliphatic rings. The van der Waals surface area contributed by atoms with Gasteiger partial charge in [-0.3, -0.25) is 0 Å². The second-order valence-corrected chi connectivity index (χ2v) is 5.42. The molecule has 2 nitrogen and oxygen atoms in total. The number of ether oxygens (including phenoxy) is 1. The lowest BCUT2D eigenvalue weighted by Gasteiger charge is -2.29. The van der Waals surface area contributed by atoms with E-state index >= 15 is 0 Å². The Balaban J connectivity index is 1.84. The molecular formula is C16H25NO. The number of hydrogen-bond acceptors (Lipinski definition) is 2. The third-order valence-corrected chi connectivity index (χ3v) is 4.04. The molecule has 1 N–H and O–H groups in total. The number of rotatable bonds is 5. The van der Waals surface area contributed by atoms with Gasteiger partial charge >= 0.3 is 0 Å². The molecule has 1 saturated carbocycles. The van der Waals surface area contributed by atoms with Crippen molar-refractivity contribution >= 4 is 0 Å². The molecule has 0 aromatic heterocycles. The fourth-order valence-electron chi connectivity index (χ4n) is 2.81. The summed E-state index contributed by atoms with van der Waals surface area (Å²) >= 11 is 0. The zero-order valence-electron chi connectivity index (χ0n) is 11.6. The molecular weight excluding hydrogens is 222 g/mol. The normalized spacial score (nSPS) is 18.6. The lowest BCUT2D eigenvalue weighted by atomic mass is 9.84. The first-order valence-electron chi connectivity index (χ1n) is 7.16. The molecule has 1 aliphatic carbocycles. The molecule has 100 valence electrons. The van der Waals surface area contributed by atoms with Crippen LogP contribution in [0.25, 0.3) is 0 Å². The van der Waals surface area contributed by atoms with E-state index in [2.05, 4.69) is 43.6 Å². The number of hydrogen-bond donors (Lipinski definition) is 1. The van der Waals surface area contributed by atoms with Crippen LogP contribution < -0.4 is 10.1 Å². The summed E-state index contributed by atoms with van der Waals surface area (Å²) in [4.78, 5) is 0. The average molecular weight is 247 g/mol. The van der Waals surface area contributed by atoms with E-state index in [9.17, 15) is 0 Å². The molecule has 0 spiro atoms. The SMILES string of the molecule is CNC(COc1ccc(C)cc1)C1CCCCC1. The topological polar surface area (TPSA) is 21.3 Å². The predicted molar refractivity (Wildman–Crippen MR) is 76.1 cm³/mol. The van der Waals surface area contributed by atoms with Gasteiger partial charge in [0.1, 0.15) is 12.4 Å². The Morgan fingerprint density at radius 3 is 2.44 bits per heavy atom. The van der Waals surface area contributed by atoms with Gasteiger partial charge in [-0.05, 0) is 44.9 Å². The number of benzene rings is 1. The van der Waals surface area contributed by atoms with Crippen LogP contribution >= 0.6 is 0 Å². The van der Waals surface area contributed by atoms with E-state index in [4.69, 9.17) is 4.74 Å². The van der Waals surface area contributed by atoms with Crippen molar-refractivity contribution in [3.05, 3.63) is 29.8 Å². The summed E-state index contributed by atoms with van der Waals surface area (Å²) in [7, 11) is 2.05. The maximum atomic E-state index is 5.90. The summed E-state index contributed by atoms with van der Waals surface area (Å²) in [6, 6.07) is 8.81. The zero-order valence-corrected chi connectivity index (χ0v) is 11.6. The van der Waals surface area contributed by atoms with Crippen LogP contribution in [-0.2, 0) is 0 Å². The minimum atomic E-state index is 0.492. The van der Waals surface area contributed by atoms with Crippen LogP contribution in [0.3, 0.4) is 0 Å². The minimum absolute atomic E-state index is 0.492. The third-order valence-electron chi connectivity index (χ3n) is 4.04. The van der Waals surface area contributed by atoms with Crippen molar-refractivity contribution < 1.29 is 4.74 Å². The Morgan fingerprint density at radius 2 is 1.83 bits per heavy atom. The van der Waals surface area contributed by atoms with Crippen LogP contribution in [0.5, 0.6) is 5.75 Å². The Hall–Kier alpha value is -1.02. The minimum Gasteiger partial charge on any atom is -0.492 e. The molecule has 0 saturated heterocycles. The molecule has 1 fully saturated rings. The molecule has 0 aliphatic heterocycles. The van der Waals surface area contributed by atoms with Crippen molar-refractivity contribution in [2.24, 2.45) is 5.92 Å². The molecule has 1 aromatic rings. The zero-order chi connectivity index (χ0) is 12.8. The summed E-state index contributed by atoms with van der Waals surface area (Å²) in [5, 5.41) is 3.43. The fraction of sp³-hybridized carbons (Fsp3) is 0.625. The van der Waals surface area contributed by atoms with Gasteiger partial charge in [0.2, 0.25) is 0 Å². The van der Waals surface area contributed by atoms with Crippen molar-refractivity contribution in [1.82, 2.24) is 5.32 Å². The van der Waals surface area contributed by atoms with E-state index in [1.165, 1.54) is 37.7 Å². The molecule has 0 heterocycles. The van der Waals surface area contributed by atoms with Gasteiger partial charge in [-0.15, -0.1) is 0 Å². The molecule has 0 amide bonds. The Bertz CT molecular complexity index is 341. The van der Waals surface area contributed by atoms with E-state index in [-0.39, 0.29) is 0 Å². The molecule has 0 bridgehead atoms. The highest BCUT2D eigenvalue weighted by molar-refractivity contribution is 5.26. The molecule has 1 atom stereocenters. The largest absolute Gasteiger partial charge is 0.492 e. The van der Waals surface area contributed by atoms with Crippen molar-refractivity contribution in [2.45, 2.75) is 45.1 Å². The van der Waals surface area contributed by atoms with E-state index in [0.29, 0.717) is 6.04 Å². The number of aryl methyl sites for hydroxylation is 1. The summed E-state index contributed by atoms with van der Waals surface area (Å²) in [5.41, 5.74) is 1.28. The highest BCUT2D eigenvalue weighted by Gasteiger charge is 2.22. The molecule has 18 heavy (non-hydrogen) atoms. The molecule has 0 radical (unpaired) electrons. The highest BCUT2D eigenvalue weighted by Crippen LogP contribution is 2.26. The summed E-state index contributed by atoms with van der Waals surface area (Å²) in [6.45, 7) is 2.88. The lowest BCUT2D eigenvalue weighted by Crippen LogP contribution is -2.39. The van der Waals surface area contributed by atoms with Crippen molar-refractivity contribution in [3.8, 4) is 5.75 Å². The van der Waals surface area contributed by atoms with Crippen LogP contribution in [0.2, 0.25) is 0 Å². The van der Waals surface area contributed by atoms with Gasteiger partial charge in [0.25, 0.3) is 0 Å². The smallest absolute Gasteiger partial charge is 0.119 e. The van der Waals surface area contributed by atoms with Crippen molar-refractivity contribution in [1.29, 1.82) is 0 Å². The highest BCUT2D eigenvalue weighted by atomic mass is 16.5. The van der Waals surface area contributed by atoms with Gasteiger partial charge in [0.15, 0.2) is 0 Å². The Kier molecular flexibility index (Phi) is 5.06. The third kappa shape index (κ3) is 3.74. The molecule has 2 rings (SSSR count). The van der Waals surface area contributed by atoms with Crippen LogP contribution in [0.1, 0.15) is 37.7 Å². The van der Waals surface area contributed by atoms with Gasteiger partial charge in [-0.2, -0.15) is 0 Å². The quantitative estimate of drug-likeness (QED) is 0.859.